The Morgan fingerprint density at radius 2 is 1.51 bits per heavy atom. The Kier molecular flexibility index (Phi) is 8.38. The van der Waals surface area contributed by atoms with Crippen LogP contribution in [0.1, 0.15) is 47.3 Å². The van der Waals surface area contributed by atoms with E-state index in [1.165, 1.54) is 13.8 Å². The molecular weight excluding hydrogens is 494 g/mol. The Balaban J connectivity index is 1.50. The number of hydrogen-bond acceptors (Lipinski definition) is 5. The number of rotatable bonds is 9. The molecule has 0 bridgehead atoms. The Morgan fingerprint density at radius 3 is 2.10 bits per heavy atom. The van der Waals surface area contributed by atoms with E-state index in [4.69, 9.17) is 9.47 Å². The monoisotopic (exact) mass is 529 g/mol. The molecule has 0 spiro atoms. The SMILES string of the molecule is Cc1cc(CCC2CN(C(=O)Oc3ccccc3)CC2C(=O)c2ccccc2)cc(C)c1OC(C)(C)C(=O)O. The smallest absolute Gasteiger partial charge is 0.415 e. The molecule has 0 aromatic heterocycles. The zero-order valence-corrected chi connectivity index (χ0v) is 22.8. The van der Waals surface area contributed by atoms with Gasteiger partial charge in [0.15, 0.2) is 11.4 Å². The van der Waals surface area contributed by atoms with Gasteiger partial charge in [-0.2, -0.15) is 0 Å². The number of nitrogens with zero attached hydrogens (tertiary/aromatic N) is 1. The lowest BCUT2D eigenvalue weighted by Crippen LogP contribution is -2.38. The van der Waals surface area contributed by atoms with Crippen molar-refractivity contribution < 1.29 is 29.0 Å². The lowest BCUT2D eigenvalue weighted by Gasteiger charge is -2.25. The molecule has 1 aliphatic rings. The topological polar surface area (TPSA) is 93.1 Å². The molecule has 1 amide bonds. The molecule has 1 fully saturated rings. The Labute approximate surface area is 229 Å². The summed E-state index contributed by atoms with van der Waals surface area (Å²) in [4.78, 5) is 39.6. The fourth-order valence-corrected chi connectivity index (χ4v) is 5.08. The van der Waals surface area contributed by atoms with Gasteiger partial charge >= 0.3 is 12.1 Å². The Bertz CT molecular complexity index is 1310. The zero-order chi connectivity index (χ0) is 28.2. The maximum Gasteiger partial charge on any atom is 0.415 e. The number of carboxylic acid groups (broad SMARTS) is 1. The summed E-state index contributed by atoms with van der Waals surface area (Å²) in [5.41, 5.74) is 2.08. The van der Waals surface area contributed by atoms with Crippen molar-refractivity contribution in [3.8, 4) is 11.5 Å². The van der Waals surface area contributed by atoms with Crippen LogP contribution in [0.2, 0.25) is 0 Å². The van der Waals surface area contributed by atoms with Crippen LogP contribution < -0.4 is 9.47 Å². The van der Waals surface area contributed by atoms with Gasteiger partial charge in [-0.15, -0.1) is 0 Å². The highest BCUT2D eigenvalue weighted by Gasteiger charge is 2.40. The summed E-state index contributed by atoms with van der Waals surface area (Å²) >= 11 is 0. The molecule has 1 heterocycles. The minimum atomic E-state index is -1.34. The predicted octanol–water partition coefficient (Wildman–Crippen LogP) is 6.11. The predicted molar refractivity (Wildman–Crippen MR) is 148 cm³/mol. The van der Waals surface area contributed by atoms with Gasteiger partial charge in [0.1, 0.15) is 11.5 Å². The number of ether oxygens (including phenoxy) is 2. The molecule has 39 heavy (non-hydrogen) atoms. The van der Waals surface area contributed by atoms with Crippen molar-refractivity contribution in [3.63, 3.8) is 0 Å². The highest BCUT2D eigenvalue weighted by molar-refractivity contribution is 5.98. The van der Waals surface area contributed by atoms with Gasteiger partial charge in [-0.25, -0.2) is 9.59 Å². The molecule has 4 rings (SSSR count). The summed E-state index contributed by atoms with van der Waals surface area (Å²) in [5, 5.41) is 9.45. The van der Waals surface area contributed by atoms with Crippen LogP contribution in [0, 0.1) is 25.7 Å². The van der Waals surface area contributed by atoms with Crippen molar-refractivity contribution in [1.82, 2.24) is 4.90 Å². The minimum absolute atomic E-state index is 0.0302. The Hall–Kier alpha value is -4.13. The number of likely N-dealkylation sites (tertiary alicyclic amines) is 1. The number of carboxylic acids is 1. The van der Waals surface area contributed by atoms with E-state index in [1.807, 2.05) is 62.4 Å². The van der Waals surface area contributed by atoms with Crippen LogP contribution in [0.5, 0.6) is 11.5 Å². The summed E-state index contributed by atoms with van der Waals surface area (Å²) < 4.78 is 11.4. The third kappa shape index (κ3) is 6.66. The normalized spacial score (nSPS) is 17.1. The number of Topliss-reactive ketones (excluding diaryl/α,β-unsaturated/α-hetero) is 1. The van der Waals surface area contributed by atoms with Gasteiger partial charge in [-0.05, 0) is 75.3 Å². The molecule has 0 aliphatic carbocycles. The summed E-state index contributed by atoms with van der Waals surface area (Å²) in [6.07, 6.45) is 0.955. The van der Waals surface area contributed by atoms with Crippen LogP contribution in [0.4, 0.5) is 4.79 Å². The molecule has 7 nitrogen and oxygen atoms in total. The number of hydrogen-bond donors (Lipinski definition) is 1. The molecule has 204 valence electrons. The van der Waals surface area contributed by atoms with Crippen LogP contribution in [-0.4, -0.2) is 46.5 Å². The van der Waals surface area contributed by atoms with E-state index in [0.717, 1.165) is 16.7 Å². The van der Waals surface area contributed by atoms with Gasteiger partial charge in [0.2, 0.25) is 0 Å². The fourth-order valence-electron chi connectivity index (χ4n) is 5.08. The van der Waals surface area contributed by atoms with E-state index in [2.05, 4.69) is 0 Å². The standard InChI is InChI=1S/C32H35NO6/c1-21-17-23(18-22(2)29(21)39-32(3,4)30(35)36)15-16-25-19-33(31(37)38-26-13-9-6-10-14-26)20-27(25)28(34)24-11-7-5-8-12-24/h5-14,17-18,25,27H,15-16,19-20H2,1-4H3,(H,35,36). The van der Waals surface area contributed by atoms with Crippen LogP contribution >= 0.6 is 0 Å². The van der Waals surface area contributed by atoms with E-state index in [0.29, 0.717) is 43.0 Å². The number of benzene rings is 3. The summed E-state index contributed by atoms with van der Waals surface area (Å²) in [6.45, 7) is 7.60. The van der Waals surface area contributed by atoms with Crippen LogP contribution in [0.25, 0.3) is 0 Å². The third-order valence-corrected chi connectivity index (χ3v) is 7.24. The highest BCUT2D eigenvalue weighted by atomic mass is 16.6. The van der Waals surface area contributed by atoms with Gasteiger partial charge < -0.3 is 19.5 Å². The second-order valence-corrected chi connectivity index (χ2v) is 10.7. The summed E-state index contributed by atoms with van der Waals surface area (Å²) in [5.74, 6) is -0.339. The molecule has 2 atom stereocenters. The number of amides is 1. The molecular formula is C32H35NO6. The molecule has 1 aliphatic heterocycles. The Morgan fingerprint density at radius 1 is 0.923 bits per heavy atom. The molecule has 1 saturated heterocycles. The van der Waals surface area contributed by atoms with Crippen LogP contribution in [0.15, 0.2) is 72.8 Å². The zero-order valence-electron chi connectivity index (χ0n) is 22.8. The number of para-hydroxylation sites is 1. The lowest BCUT2D eigenvalue weighted by molar-refractivity contribution is -0.152. The molecule has 3 aromatic rings. The van der Waals surface area contributed by atoms with Crippen molar-refractivity contribution >= 4 is 17.8 Å². The number of aliphatic carboxylic acids is 1. The average Bonchev–Trinajstić information content (AvgIpc) is 3.34. The van der Waals surface area contributed by atoms with Gasteiger partial charge in [0.25, 0.3) is 0 Å². The number of carbonyl (C=O) groups is 3. The first-order valence-corrected chi connectivity index (χ1v) is 13.2. The molecule has 7 heteroatoms. The average molecular weight is 530 g/mol. The van der Waals surface area contributed by atoms with Crippen molar-refractivity contribution in [2.75, 3.05) is 13.1 Å². The number of aryl methyl sites for hydroxylation is 3. The van der Waals surface area contributed by atoms with E-state index >= 15 is 0 Å². The summed E-state index contributed by atoms with van der Waals surface area (Å²) in [7, 11) is 0. The second kappa shape index (κ2) is 11.7. The van der Waals surface area contributed by atoms with Gasteiger partial charge in [0, 0.05) is 24.6 Å². The fraction of sp³-hybridized carbons (Fsp3) is 0.344. The van der Waals surface area contributed by atoms with E-state index < -0.39 is 17.7 Å². The van der Waals surface area contributed by atoms with E-state index in [-0.39, 0.29) is 17.6 Å². The third-order valence-electron chi connectivity index (χ3n) is 7.24. The quantitative estimate of drug-likeness (QED) is 0.336. The maximum absolute atomic E-state index is 13.5. The molecule has 2 unspecified atom stereocenters. The molecule has 0 saturated carbocycles. The molecule has 1 N–H and O–H groups in total. The maximum atomic E-state index is 13.5. The van der Waals surface area contributed by atoms with E-state index in [1.54, 1.807) is 29.2 Å². The molecule has 0 radical (unpaired) electrons. The van der Waals surface area contributed by atoms with Crippen LogP contribution in [-0.2, 0) is 11.2 Å². The number of ketones is 1. The van der Waals surface area contributed by atoms with Gasteiger partial charge in [0.05, 0.1) is 0 Å². The van der Waals surface area contributed by atoms with Gasteiger partial charge in [-0.3, -0.25) is 4.79 Å². The lowest BCUT2D eigenvalue weighted by atomic mass is 9.84. The van der Waals surface area contributed by atoms with Crippen LogP contribution in [0.3, 0.4) is 0 Å². The first-order chi connectivity index (χ1) is 18.5. The first kappa shape index (κ1) is 27.9. The number of carbonyl (C=O) groups excluding carboxylic acids is 2. The van der Waals surface area contributed by atoms with E-state index in [9.17, 15) is 19.5 Å². The largest absolute Gasteiger partial charge is 0.478 e. The second-order valence-electron chi connectivity index (χ2n) is 10.7. The first-order valence-electron chi connectivity index (χ1n) is 13.2. The van der Waals surface area contributed by atoms with Crippen molar-refractivity contribution in [2.45, 2.75) is 46.1 Å². The van der Waals surface area contributed by atoms with Crippen molar-refractivity contribution in [2.24, 2.45) is 11.8 Å². The molecule has 3 aromatic carbocycles. The van der Waals surface area contributed by atoms with Crippen molar-refractivity contribution in [3.05, 3.63) is 95.1 Å². The minimum Gasteiger partial charge on any atom is -0.478 e. The van der Waals surface area contributed by atoms with Crippen molar-refractivity contribution in [1.29, 1.82) is 0 Å². The van der Waals surface area contributed by atoms with Gasteiger partial charge in [-0.1, -0.05) is 60.7 Å². The highest BCUT2D eigenvalue weighted by Crippen LogP contribution is 2.33. The summed E-state index contributed by atoms with van der Waals surface area (Å²) in [6, 6.07) is 22.1.